The second-order valence-electron chi connectivity index (χ2n) is 6.96. The van der Waals surface area contributed by atoms with Crippen LogP contribution in [0.4, 0.5) is 13.9 Å². The summed E-state index contributed by atoms with van der Waals surface area (Å²) in [5.41, 5.74) is 2.67. The minimum atomic E-state index is -0.958. The van der Waals surface area contributed by atoms with Gasteiger partial charge in [0.1, 0.15) is 5.69 Å². The van der Waals surface area contributed by atoms with Crippen LogP contribution in [-0.2, 0) is 6.54 Å². The molecule has 0 saturated carbocycles. The maximum atomic E-state index is 13.6. The van der Waals surface area contributed by atoms with Gasteiger partial charge in [-0.3, -0.25) is 14.9 Å². The van der Waals surface area contributed by atoms with E-state index in [0.29, 0.717) is 45.2 Å². The number of amides is 1. The van der Waals surface area contributed by atoms with Crippen molar-refractivity contribution < 1.29 is 13.6 Å². The lowest BCUT2D eigenvalue weighted by molar-refractivity contribution is 0.102. The van der Waals surface area contributed by atoms with Crippen LogP contribution >= 0.6 is 11.3 Å². The lowest BCUT2D eigenvalue weighted by Gasteiger charge is -2.10. The summed E-state index contributed by atoms with van der Waals surface area (Å²) >= 11 is 1.24. The van der Waals surface area contributed by atoms with E-state index in [1.54, 1.807) is 36.6 Å². The molecule has 0 atom stereocenters. The molecule has 2 aromatic heterocycles. The number of benzene rings is 2. The van der Waals surface area contributed by atoms with Gasteiger partial charge in [0.2, 0.25) is 0 Å². The maximum Gasteiger partial charge on any atom is 0.272 e. The number of aryl methyl sites for hydroxylation is 3. The Hall–Kier alpha value is -3.46. The number of thiazole rings is 1. The van der Waals surface area contributed by atoms with Crippen LogP contribution in [0, 0.1) is 25.5 Å². The van der Waals surface area contributed by atoms with Gasteiger partial charge in [-0.25, -0.2) is 18.7 Å². The van der Waals surface area contributed by atoms with Crippen molar-refractivity contribution in [2.24, 2.45) is 0 Å². The van der Waals surface area contributed by atoms with Crippen LogP contribution in [0.3, 0.4) is 0 Å². The van der Waals surface area contributed by atoms with E-state index in [4.69, 9.17) is 0 Å². The lowest BCUT2D eigenvalue weighted by atomic mass is 10.1. The van der Waals surface area contributed by atoms with E-state index >= 15 is 0 Å². The van der Waals surface area contributed by atoms with Crippen LogP contribution < -0.4 is 10.9 Å². The molecule has 0 bridgehead atoms. The molecule has 31 heavy (non-hydrogen) atoms. The number of nitrogens with one attached hydrogen (secondary N) is 1. The SMILES string of the molecule is CCn1c(=O)c(C)nc2cc(C(=O)Nc3nc(-c4ccc(F)c(F)c4)c(C)s3)ccc21. The van der Waals surface area contributed by atoms with Crippen molar-refractivity contribution in [2.75, 3.05) is 5.32 Å². The molecule has 2 heterocycles. The van der Waals surface area contributed by atoms with E-state index in [-0.39, 0.29) is 11.5 Å². The molecule has 0 aliphatic heterocycles. The van der Waals surface area contributed by atoms with E-state index < -0.39 is 11.6 Å². The monoisotopic (exact) mass is 440 g/mol. The Bertz CT molecular complexity index is 1390. The van der Waals surface area contributed by atoms with Gasteiger partial charge in [0.25, 0.3) is 11.5 Å². The summed E-state index contributed by atoms with van der Waals surface area (Å²) in [5.74, 6) is -2.28. The lowest BCUT2D eigenvalue weighted by Crippen LogP contribution is -2.23. The first-order chi connectivity index (χ1) is 14.8. The van der Waals surface area contributed by atoms with Gasteiger partial charge in [-0.1, -0.05) is 0 Å². The highest BCUT2D eigenvalue weighted by Gasteiger charge is 2.16. The number of nitrogens with zero attached hydrogens (tertiary/aromatic N) is 3. The first-order valence-electron chi connectivity index (χ1n) is 9.54. The van der Waals surface area contributed by atoms with Crippen LogP contribution in [0.25, 0.3) is 22.3 Å². The fraction of sp³-hybridized carbons (Fsp3) is 0.182. The minimum absolute atomic E-state index is 0.157. The summed E-state index contributed by atoms with van der Waals surface area (Å²) in [5, 5.41) is 3.08. The summed E-state index contributed by atoms with van der Waals surface area (Å²) in [7, 11) is 0. The molecule has 0 saturated heterocycles. The summed E-state index contributed by atoms with van der Waals surface area (Å²) in [6.07, 6.45) is 0. The van der Waals surface area contributed by atoms with E-state index in [9.17, 15) is 18.4 Å². The van der Waals surface area contributed by atoms with Crippen molar-refractivity contribution in [2.45, 2.75) is 27.3 Å². The van der Waals surface area contributed by atoms with E-state index in [1.165, 1.54) is 17.4 Å². The molecule has 0 spiro atoms. The largest absolute Gasteiger partial charge is 0.305 e. The predicted molar refractivity (Wildman–Crippen MR) is 117 cm³/mol. The first-order valence-corrected chi connectivity index (χ1v) is 10.4. The van der Waals surface area contributed by atoms with Crippen molar-refractivity contribution in [3.8, 4) is 11.3 Å². The number of halogens is 2. The number of hydrogen-bond acceptors (Lipinski definition) is 5. The second kappa shape index (κ2) is 7.99. The first kappa shape index (κ1) is 20.8. The Morgan fingerprint density at radius 2 is 1.87 bits per heavy atom. The Kier molecular flexibility index (Phi) is 5.36. The third-order valence-electron chi connectivity index (χ3n) is 4.90. The number of hydrogen-bond donors (Lipinski definition) is 1. The number of rotatable bonds is 4. The van der Waals surface area contributed by atoms with E-state index in [2.05, 4.69) is 15.3 Å². The van der Waals surface area contributed by atoms with Crippen molar-refractivity contribution in [3.63, 3.8) is 0 Å². The zero-order valence-electron chi connectivity index (χ0n) is 17.0. The standard InChI is InChI=1S/C22H18F2N4O2S/c1-4-28-18-8-6-14(10-17(18)25-11(2)21(28)30)20(29)27-22-26-19(12(3)31-22)13-5-7-15(23)16(24)9-13/h5-10H,4H2,1-3H3,(H,26,27,29). The molecule has 0 aliphatic carbocycles. The van der Waals surface area contributed by atoms with E-state index in [0.717, 1.165) is 17.0 Å². The fourth-order valence-corrected chi connectivity index (χ4v) is 4.19. The Labute approximate surface area is 180 Å². The highest BCUT2D eigenvalue weighted by atomic mass is 32.1. The predicted octanol–water partition coefficient (Wildman–Crippen LogP) is 4.69. The van der Waals surface area contributed by atoms with Crippen LogP contribution in [0.15, 0.2) is 41.2 Å². The highest BCUT2D eigenvalue weighted by molar-refractivity contribution is 7.16. The summed E-state index contributed by atoms with van der Waals surface area (Å²) in [4.78, 5) is 34.4. The normalized spacial score (nSPS) is 11.1. The average molecular weight is 440 g/mol. The van der Waals surface area contributed by atoms with Gasteiger partial charge in [0.15, 0.2) is 16.8 Å². The molecule has 158 valence electrons. The van der Waals surface area contributed by atoms with Crippen LogP contribution in [0.5, 0.6) is 0 Å². The molecule has 1 N–H and O–H groups in total. The van der Waals surface area contributed by atoms with Gasteiger partial charge in [0.05, 0.1) is 16.7 Å². The number of aromatic nitrogens is 3. The average Bonchev–Trinajstić information content (AvgIpc) is 3.10. The Balaban J connectivity index is 1.64. The number of fused-ring (bicyclic) bond motifs is 1. The highest BCUT2D eigenvalue weighted by Crippen LogP contribution is 2.31. The molecular weight excluding hydrogens is 422 g/mol. The molecule has 4 aromatic rings. The zero-order valence-corrected chi connectivity index (χ0v) is 17.8. The molecule has 0 radical (unpaired) electrons. The van der Waals surface area contributed by atoms with Gasteiger partial charge in [-0.15, -0.1) is 11.3 Å². The molecular formula is C22H18F2N4O2S. The maximum absolute atomic E-state index is 13.6. The third-order valence-corrected chi connectivity index (χ3v) is 5.78. The minimum Gasteiger partial charge on any atom is -0.305 e. The molecule has 4 rings (SSSR count). The molecule has 0 unspecified atom stereocenters. The zero-order chi connectivity index (χ0) is 22.3. The topological polar surface area (TPSA) is 76.9 Å². The van der Waals surface area contributed by atoms with Gasteiger partial charge in [-0.2, -0.15) is 0 Å². The van der Waals surface area contributed by atoms with Crippen LogP contribution in [0.1, 0.15) is 27.9 Å². The summed E-state index contributed by atoms with van der Waals surface area (Å²) in [6.45, 7) is 5.79. The van der Waals surface area contributed by atoms with Crippen molar-refractivity contribution in [1.82, 2.24) is 14.5 Å². The van der Waals surface area contributed by atoms with Crippen molar-refractivity contribution in [3.05, 3.63) is 74.5 Å². The number of carbonyl (C=O) groups excluding carboxylic acids is 1. The van der Waals surface area contributed by atoms with Crippen molar-refractivity contribution in [1.29, 1.82) is 0 Å². The number of carbonyl (C=O) groups is 1. The number of anilines is 1. The molecule has 1 amide bonds. The molecule has 6 nitrogen and oxygen atoms in total. The van der Waals surface area contributed by atoms with Crippen LogP contribution in [-0.4, -0.2) is 20.4 Å². The fourth-order valence-electron chi connectivity index (χ4n) is 3.36. The van der Waals surface area contributed by atoms with Gasteiger partial charge < -0.3 is 4.57 Å². The van der Waals surface area contributed by atoms with E-state index in [1.807, 2.05) is 6.92 Å². The smallest absolute Gasteiger partial charge is 0.272 e. The third kappa shape index (κ3) is 3.84. The molecule has 0 aliphatic rings. The van der Waals surface area contributed by atoms with Gasteiger partial charge >= 0.3 is 0 Å². The van der Waals surface area contributed by atoms with Crippen LogP contribution in [0.2, 0.25) is 0 Å². The van der Waals surface area contributed by atoms with Gasteiger partial charge in [0, 0.05) is 22.5 Å². The summed E-state index contributed by atoms with van der Waals surface area (Å²) < 4.78 is 28.4. The Morgan fingerprint density at radius 3 is 2.58 bits per heavy atom. The molecule has 2 aromatic carbocycles. The second-order valence-corrected chi connectivity index (χ2v) is 8.16. The van der Waals surface area contributed by atoms with Crippen molar-refractivity contribution >= 4 is 33.4 Å². The summed E-state index contributed by atoms with van der Waals surface area (Å²) in [6, 6.07) is 8.50. The Morgan fingerprint density at radius 1 is 1.10 bits per heavy atom. The molecule has 0 fully saturated rings. The van der Waals surface area contributed by atoms with Gasteiger partial charge in [-0.05, 0) is 57.2 Å². The molecule has 9 heteroatoms. The quantitative estimate of drug-likeness (QED) is 0.500.